The van der Waals surface area contributed by atoms with Crippen molar-refractivity contribution in [2.75, 3.05) is 20.2 Å². The van der Waals surface area contributed by atoms with Gasteiger partial charge in [-0.25, -0.2) is 4.98 Å². The molecule has 1 fully saturated rings. The van der Waals surface area contributed by atoms with Crippen molar-refractivity contribution in [3.8, 4) is 0 Å². The number of ether oxygens (including phenoxy) is 1. The summed E-state index contributed by atoms with van der Waals surface area (Å²) in [6, 6.07) is 7.63. The number of thiazole rings is 1. The average Bonchev–Trinajstić information content (AvgIpc) is 3.35. The summed E-state index contributed by atoms with van der Waals surface area (Å²) >= 11 is 1.69. The Labute approximate surface area is 176 Å². The number of amides is 1. The topological polar surface area (TPSA) is 87.6 Å². The fraction of sp³-hybridized carbons (Fsp3) is 0.476. The summed E-state index contributed by atoms with van der Waals surface area (Å²) in [5.41, 5.74) is 2.72. The van der Waals surface area contributed by atoms with Crippen LogP contribution in [0.25, 0.3) is 0 Å². The first-order valence-corrected chi connectivity index (χ1v) is 10.7. The molecule has 0 saturated carbocycles. The van der Waals surface area contributed by atoms with Crippen LogP contribution in [0.4, 0.5) is 0 Å². The van der Waals surface area contributed by atoms with E-state index >= 15 is 0 Å². The number of rotatable bonds is 7. The van der Waals surface area contributed by atoms with Crippen molar-refractivity contribution in [3.63, 3.8) is 0 Å². The lowest BCUT2D eigenvalue weighted by molar-refractivity contribution is 0.0857. The minimum atomic E-state index is -0.0686. The molecule has 0 radical (unpaired) electrons. The van der Waals surface area contributed by atoms with E-state index in [9.17, 15) is 4.79 Å². The molecule has 29 heavy (non-hydrogen) atoms. The Morgan fingerprint density at radius 3 is 2.79 bits per heavy atom. The number of aliphatic imine (C=N–C) groups is 1. The smallest absolute Gasteiger partial charge is 0.251 e. The van der Waals surface area contributed by atoms with E-state index in [0.29, 0.717) is 31.2 Å². The van der Waals surface area contributed by atoms with E-state index in [1.54, 1.807) is 18.4 Å². The first-order valence-electron chi connectivity index (χ1n) is 9.91. The zero-order valence-electron chi connectivity index (χ0n) is 17.2. The molecule has 2 aromatic rings. The molecule has 0 bridgehead atoms. The van der Waals surface area contributed by atoms with Gasteiger partial charge in [-0.15, -0.1) is 11.3 Å². The highest BCUT2D eigenvalue weighted by Gasteiger charge is 2.16. The van der Waals surface area contributed by atoms with Crippen LogP contribution in [0.3, 0.4) is 0 Å². The number of nitrogens with one attached hydrogen (secondary N) is 3. The van der Waals surface area contributed by atoms with Gasteiger partial charge in [0.05, 0.1) is 23.4 Å². The molecule has 1 aromatic carbocycles. The van der Waals surface area contributed by atoms with Crippen LogP contribution in [0.5, 0.6) is 0 Å². The molecule has 8 heteroatoms. The lowest BCUT2D eigenvalue weighted by Crippen LogP contribution is -2.36. The molecule has 7 nitrogen and oxygen atoms in total. The zero-order valence-corrected chi connectivity index (χ0v) is 18.1. The predicted molar refractivity (Wildman–Crippen MR) is 116 cm³/mol. The van der Waals surface area contributed by atoms with Gasteiger partial charge in [-0.1, -0.05) is 12.1 Å². The van der Waals surface area contributed by atoms with E-state index < -0.39 is 0 Å². The van der Waals surface area contributed by atoms with E-state index in [1.165, 1.54) is 4.88 Å². The number of nitrogens with zero attached hydrogens (tertiary/aromatic N) is 2. The Bertz CT molecular complexity index is 859. The molecule has 1 aliphatic rings. The van der Waals surface area contributed by atoms with E-state index in [-0.39, 0.29) is 12.0 Å². The molecule has 1 aromatic heterocycles. The van der Waals surface area contributed by atoms with Gasteiger partial charge in [0.1, 0.15) is 0 Å². The molecule has 0 spiro atoms. The molecule has 1 saturated heterocycles. The largest absolute Gasteiger partial charge is 0.376 e. The van der Waals surface area contributed by atoms with Gasteiger partial charge in [0.2, 0.25) is 0 Å². The lowest BCUT2D eigenvalue weighted by Gasteiger charge is -2.13. The van der Waals surface area contributed by atoms with Crippen LogP contribution in [0.2, 0.25) is 0 Å². The number of aryl methyl sites for hydroxylation is 2. The van der Waals surface area contributed by atoms with Crippen molar-refractivity contribution in [2.45, 2.75) is 45.9 Å². The molecular formula is C21H29N5O2S. The van der Waals surface area contributed by atoms with Crippen molar-refractivity contribution in [1.29, 1.82) is 0 Å². The zero-order chi connectivity index (χ0) is 20.6. The maximum absolute atomic E-state index is 12.4. The van der Waals surface area contributed by atoms with Crippen LogP contribution >= 0.6 is 11.3 Å². The summed E-state index contributed by atoms with van der Waals surface area (Å²) in [6.45, 7) is 6.65. The summed E-state index contributed by atoms with van der Waals surface area (Å²) in [6.07, 6.45) is 2.22. The third-order valence-electron chi connectivity index (χ3n) is 4.80. The number of hydrogen-bond donors (Lipinski definition) is 3. The van der Waals surface area contributed by atoms with Gasteiger partial charge in [-0.3, -0.25) is 9.79 Å². The van der Waals surface area contributed by atoms with Crippen LogP contribution in [0, 0.1) is 13.8 Å². The Morgan fingerprint density at radius 1 is 1.28 bits per heavy atom. The fourth-order valence-corrected chi connectivity index (χ4v) is 4.12. The number of carbonyl (C=O) groups excluding carboxylic acids is 1. The van der Waals surface area contributed by atoms with Gasteiger partial charge in [0, 0.05) is 37.2 Å². The third kappa shape index (κ3) is 6.27. The summed E-state index contributed by atoms with van der Waals surface area (Å²) in [4.78, 5) is 22.3. The molecule has 156 valence electrons. The molecular weight excluding hydrogens is 386 g/mol. The maximum atomic E-state index is 12.4. The van der Waals surface area contributed by atoms with Gasteiger partial charge in [0.15, 0.2) is 5.96 Å². The second kappa shape index (κ2) is 10.4. The second-order valence-electron chi connectivity index (χ2n) is 7.07. The van der Waals surface area contributed by atoms with Crippen molar-refractivity contribution >= 4 is 23.2 Å². The standard InChI is InChI=1S/C21H29N5O2S/c1-14-19(29-15(2)26-14)13-25-21(22-3)24-11-16-6-4-7-17(10-16)20(27)23-12-18-8-5-9-28-18/h4,6-7,10,18H,5,8-9,11-13H2,1-3H3,(H,23,27)(H2,22,24,25). The van der Waals surface area contributed by atoms with Crippen molar-refractivity contribution in [1.82, 2.24) is 20.9 Å². The molecule has 1 amide bonds. The van der Waals surface area contributed by atoms with E-state index in [4.69, 9.17) is 4.74 Å². The number of benzene rings is 1. The third-order valence-corrected chi connectivity index (χ3v) is 5.88. The quantitative estimate of drug-likeness (QED) is 0.478. The normalized spacial score (nSPS) is 16.7. The highest BCUT2D eigenvalue weighted by molar-refractivity contribution is 7.11. The second-order valence-corrected chi connectivity index (χ2v) is 8.35. The Balaban J connectivity index is 1.49. The van der Waals surface area contributed by atoms with Gasteiger partial charge in [-0.05, 0) is 44.4 Å². The lowest BCUT2D eigenvalue weighted by atomic mass is 10.1. The average molecular weight is 416 g/mol. The Kier molecular flexibility index (Phi) is 7.60. The fourth-order valence-electron chi connectivity index (χ4n) is 3.24. The SMILES string of the molecule is CN=C(NCc1cccc(C(=O)NCC2CCCO2)c1)NCc1sc(C)nc1C. The molecule has 1 atom stereocenters. The predicted octanol–water partition coefficient (Wildman–Crippen LogP) is 2.53. The van der Waals surface area contributed by atoms with Crippen LogP contribution in [-0.4, -0.2) is 43.2 Å². The number of guanidine groups is 1. The van der Waals surface area contributed by atoms with E-state index in [0.717, 1.165) is 35.7 Å². The first-order chi connectivity index (χ1) is 14.0. The number of hydrogen-bond acceptors (Lipinski definition) is 5. The van der Waals surface area contributed by atoms with Crippen molar-refractivity contribution < 1.29 is 9.53 Å². The van der Waals surface area contributed by atoms with Crippen molar-refractivity contribution in [3.05, 3.63) is 51.0 Å². The molecule has 1 aliphatic heterocycles. The van der Waals surface area contributed by atoms with Gasteiger partial charge in [0.25, 0.3) is 5.91 Å². The summed E-state index contributed by atoms with van der Waals surface area (Å²) < 4.78 is 5.56. The minimum absolute atomic E-state index is 0.0686. The minimum Gasteiger partial charge on any atom is -0.376 e. The Hall–Kier alpha value is -2.45. The maximum Gasteiger partial charge on any atom is 0.251 e. The molecule has 0 aliphatic carbocycles. The highest BCUT2D eigenvalue weighted by Crippen LogP contribution is 2.16. The van der Waals surface area contributed by atoms with Crippen LogP contribution in [0.1, 0.15) is 44.3 Å². The molecule has 1 unspecified atom stereocenters. The number of carbonyl (C=O) groups is 1. The Morgan fingerprint density at radius 2 is 2.10 bits per heavy atom. The van der Waals surface area contributed by atoms with Crippen LogP contribution in [0.15, 0.2) is 29.3 Å². The molecule has 3 N–H and O–H groups in total. The highest BCUT2D eigenvalue weighted by atomic mass is 32.1. The molecule has 2 heterocycles. The number of aromatic nitrogens is 1. The van der Waals surface area contributed by atoms with Gasteiger partial charge >= 0.3 is 0 Å². The summed E-state index contributed by atoms with van der Waals surface area (Å²) in [7, 11) is 1.75. The summed E-state index contributed by atoms with van der Waals surface area (Å²) in [5, 5.41) is 10.6. The van der Waals surface area contributed by atoms with E-state index in [2.05, 4.69) is 25.9 Å². The van der Waals surface area contributed by atoms with Crippen LogP contribution < -0.4 is 16.0 Å². The van der Waals surface area contributed by atoms with Gasteiger partial charge < -0.3 is 20.7 Å². The van der Waals surface area contributed by atoms with Gasteiger partial charge in [-0.2, -0.15) is 0 Å². The van der Waals surface area contributed by atoms with Crippen LogP contribution in [-0.2, 0) is 17.8 Å². The summed E-state index contributed by atoms with van der Waals surface area (Å²) in [5.74, 6) is 0.643. The van der Waals surface area contributed by atoms with E-state index in [1.807, 2.05) is 38.1 Å². The monoisotopic (exact) mass is 415 g/mol. The van der Waals surface area contributed by atoms with Crippen molar-refractivity contribution in [2.24, 2.45) is 4.99 Å². The molecule has 3 rings (SSSR count). The first kappa shape index (κ1) is 21.3.